The number of anilines is 2. The van der Waals surface area contributed by atoms with Crippen molar-refractivity contribution in [3.63, 3.8) is 0 Å². The summed E-state index contributed by atoms with van der Waals surface area (Å²) in [7, 11) is 0. The molecule has 4 rings (SSSR count). The third kappa shape index (κ3) is 5.82. The standard InChI is InChI=1S/C27H33N7O2/c1-18-12-21(6-7-24(18)36-17-27(4,5)16-28)25-19(2)13-29-26(32-25)31-22-14-30-34(15-22)23-8-10-33(11-9-23)20(3)35/h6-7,12-15,23H,8-11,17H2,1-5H3,(H,29,31,32). The number of nitrogens with one attached hydrogen (secondary N) is 1. The predicted octanol–water partition coefficient (Wildman–Crippen LogP) is 4.81. The Balaban J connectivity index is 1.46. The molecule has 1 saturated heterocycles. The summed E-state index contributed by atoms with van der Waals surface area (Å²) >= 11 is 0. The Morgan fingerprint density at radius 1 is 1.22 bits per heavy atom. The van der Waals surface area contributed by atoms with Crippen LogP contribution in [0, 0.1) is 30.6 Å². The molecule has 1 aliphatic rings. The number of piperidine rings is 1. The Hall–Kier alpha value is -3.93. The molecule has 0 aliphatic carbocycles. The van der Waals surface area contributed by atoms with E-state index in [1.807, 2.05) is 67.9 Å². The van der Waals surface area contributed by atoms with Gasteiger partial charge in [0.15, 0.2) is 0 Å². The van der Waals surface area contributed by atoms with E-state index in [1.165, 1.54) is 0 Å². The minimum Gasteiger partial charge on any atom is -0.492 e. The van der Waals surface area contributed by atoms with E-state index < -0.39 is 5.41 Å². The number of carbonyl (C=O) groups is 1. The Morgan fingerprint density at radius 3 is 2.64 bits per heavy atom. The van der Waals surface area contributed by atoms with E-state index in [0.717, 1.165) is 59.8 Å². The van der Waals surface area contributed by atoms with Crippen LogP contribution in [0.4, 0.5) is 11.6 Å². The van der Waals surface area contributed by atoms with Gasteiger partial charge in [-0.3, -0.25) is 9.48 Å². The normalized spacial score (nSPS) is 14.4. The first-order valence-electron chi connectivity index (χ1n) is 12.2. The number of nitrogens with zero attached hydrogens (tertiary/aromatic N) is 6. The number of aryl methyl sites for hydroxylation is 2. The Kier molecular flexibility index (Phi) is 7.25. The molecule has 1 aliphatic heterocycles. The summed E-state index contributed by atoms with van der Waals surface area (Å²) in [5, 5.41) is 17.0. The molecule has 36 heavy (non-hydrogen) atoms. The van der Waals surface area contributed by atoms with E-state index >= 15 is 0 Å². The number of likely N-dealkylation sites (tertiary alicyclic amines) is 1. The summed E-state index contributed by atoms with van der Waals surface area (Å²) in [4.78, 5) is 22.7. The van der Waals surface area contributed by atoms with Gasteiger partial charge in [-0.25, -0.2) is 9.97 Å². The lowest BCUT2D eigenvalue weighted by Gasteiger charge is -2.31. The van der Waals surface area contributed by atoms with Gasteiger partial charge in [0.2, 0.25) is 11.9 Å². The summed E-state index contributed by atoms with van der Waals surface area (Å²) in [6.45, 7) is 11.1. The van der Waals surface area contributed by atoms with E-state index in [2.05, 4.69) is 21.5 Å². The molecule has 0 atom stereocenters. The van der Waals surface area contributed by atoms with Gasteiger partial charge < -0.3 is 15.0 Å². The van der Waals surface area contributed by atoms with Gasteiger partial charge in [0, 0.05) is 38.0 Å². The van der Waals surface area contributed by atoms with Crippen molar-refractivity contribution in [3.8, 4) is 23.1 Å². The zero-order chi connectivity index (χ0) is 25.9. The molecule has 1 amide bonds. The van der Waals surface area contributed by atoms with Gasteiger partial charge in [-0.05, 0) is 69.9 Å². The molecule has 2 aromatic heterocycles. The Labute approximate surface area is 212 Å². The van der Waals surface area contributed by atoms with E-state index in [4.69, 9.17) is 9.72 Å². The number of benzene rings is 1. The first-order chi connectivity index (χ1) is 17.1. The van der Waals surface area contributed by atoms with Gasteiger partial charge in [0.1, 0.15) is 12.4 Å². The van der Waals surface area contributed by atoms with Crippen LogP contribution >= 0.6 is 0 Å². The highest BCUT2D eigenvalue weighted by atomic mass is 16.5. The second-order valence-electron chi connectivity index (χ2n) is 10.1. The van der Waals surface area contributed by atoms with E-state index in [-0.39, 0.29) is 11.9 Å². The minimum atomic E-state index is -0.547. The second-order valence-corrected chi connectivity index (χ2v) is 10.1. The Morgan fingerprint density at radius 2 is 1.97 bits per heavy atom. The number of carbonyl (C=O) groups excluding carboxylic acids is 1. The van der Waals surface area contributed by atoms with Gasteiger partial charge in [0.25, 0.3) is 0 Å². The predicted molar refractivity (Wildman–Crippen MR) is 138 cm³/mol. The van der Waals surface area contributed by atoms with Crippen molar-refractivity contribution < 1.29 is 9.53 Å². The van der Waals surface area contributed by atoms with Gasteiger partial charge in [-0.2, -0.15) is 10.4 Å². The highest BCUT2D eigenvalue weighted by Crippen LogP contribution is 2.29. The summed E-state index contributed by atoms with van der Waals surface area (Å²) in [6, 6.07) is 8.47. The van der Waals surface area contributed by atoms with Crippen LogP contribution in [0.3, 0.4) is 0 Å². The van der Waals surface area contributed by atoms with Crippen molar-refractivity contribution in [3.05, 3.63) is 47.9 Å². The molecule has 9 nitrogen and oxygen atoms in total. The maximum absolute atomic E-state index is 11.6. The molecule has 0 bridgehead atoms. The van der Waals surface area contributed by atoms with E-state index in [1.54, 1.807) is 13.1 Å². The molecule has 0 radical (unpaired) electrons. The zero-order valence-corrected chi connectivity index (χ0v) is 21.6. The monoisotopic (exact) mass is 487 g/mol. The summed E-state index contributed by atoms with van der Waals surface area (Å²) in [5.41, 5.74) is 4.02. The lowest BCUT2D eigenvalue weighted by molar-refractivity contribution is -0.130. The number of amides is 1. The summed E-state index contributed by atoms with van der Waals surface area (Å²) in [6.07, 6.45) is 7.33. The van der Waals surface area contributed by atoms with Crippen LogP contribution in [0.5, 0.6) is 5.75 Å². The highest BCUT2D eigenvalue weighted by molar-refractivity contribution is 5.73. The van der Waals surface area contributed by atoms with Crippen LogP contribution in [0.15, 0.2) is 36.8 Å². The fourth-order valence-corrected chi connectivity index (χ4v) is 4.22. The average Bonchev–Trinajstić information content (AvgIpc) is 3.33. The molecule has 9 heteroatoms. The van der Waals surface area contributed by atoms with Crippen LogP contribution in [0.1, 0.15) is 50.8 Å². The number of hydrogen-bond donors (Lipinski definition) is 1. The first-order valence-corrected chi connectivity index (χ1v) is 12.2. The quantitative estimate of drug-likeness (QED) is 0.509. The SMILES string of the molecule is CC(=O)N1CCC(n2cc(Nc3ncc(C)c(-c4ccc(OCC(C)(C)C#N)c(C)c4)n3)cn2)CC1. The third-order valence-corrected chi connectivity index (χ3v) is 6.45. The van der Waals surface area contributed by atoms with Crippen molar-refractivity contribution in [1.29, 1.82) is 5.26 Å². The second kappa shape index (κ2) is 10.4. The van der Waals surface area contributed by atoms with Crippen molar-refractivity contribution in [2.75, 3.05) is 25.0 Å². The molecule has 0 saturated carbocycles. The molecule has 3 aromatic rings. The van der Waals surface area contributed by atoms with Gasteiger partial charge in [-0.1, -0.05) is 0 Å². The Bertz CT molecular complexity index is 1280. The van der Waals surface area contributed by atoms with Crippen LogP contribution in [0.2, 0.25) is 0 Å². The molecular formula is C27H33N7O2. The fraction of sp³-hybridized carbons (Fsp3) is 0.444. The molecule has 188 valence electrons. The van der Waals surface area contributed by atoms with Crippen LogP contribution in [0.25, 0.3) is 11.3 Å². The van der Waals surface area contributed by atoms with Gasteiger partial charge >= 0.3 is 0 Å². The summed E-state index contributed by atoms with van der Waals surface area (Å²) in [5.74, 6) is 1.38. The van der Waals surface area contributed by atoms with Crippen LogP contribution in [-0.4, -0.2) is 50.3 Å². The molecular weight excluding hydrogens is 454 g/mol. The van der Waals surface area contributed by atoms with Crippen molar-refractivity contribution in [2.24, 2.45) is 5.41 Å². The minimum absolute atomic E-state index is 0.129. The molecule has 0 unspecified atom stereocenters. The molecule has 1 N–H and O–H groups in total. The number of nitriles is 1. The number of hydrogen-bond acceptors (Lipinski definition) is 7. The molecule has 1 fully saturated rings. The topological polar surface area (TPSA) is 109 Å². The van der Waals surface area contributed by atoms with Crippen molar-refractivity contribution >= 4 is 17.5 Å². The average molecular weight is 488 g/mol. The number of ether oxygens (including phenoxy) is 1. The highest BCUT2D eigenvalue weighted by Gasteiger charge is 2.23. The smallest absolute Gasteiger partial charge is 0.227 e. The van der Waals surface area contributed by atoms with Gasteiger partial charge in [0.05, 0.1) is 35.1 Å². The molecule has 0 spiro atoms. The van der Waals surface area contributed by atoms with Gasteiger partial charge in [-0.15, -0.1) is 0 Å². The summed E-state index contributed by atoms with van der Waals surface area (Å²) < 4.78 is 7.85. The van der Waals surface area contributed by atoms with Crippen molar-refractivity contribution in [1.82, 2.24) is 24.6 Å². The lowest BCUT2D eigenvalue weighted by atomic mass is 9.97. The van der Waals surface area contributed by atoms with Crippen LogP contribution < -0.4 is 10.1 Å². The number of aromatic nitrogens is 4. The first kappa shape index (κ1) is 25.2. The van der Waals surface area contributed by atoms with E-state index in [9.17, 15) is 10.1 Å². The fourth-order valence-electron chi connectivity index (χ4n) is 4.22. The molecule has 1 aromatic carbocycles. The lowest BCUT2D eigenvalue weighted by Crippen LogP contribution is -2.37. The van der Waals surface area contributed by atoms with Crippen molar-refractivity contribution in [2.45, 2.75) is 53.5 Å². The number of rotatable bonds is 7. The maximum Gasteiger partial charge on any atom is 0.227 e. The van der Waals surface area contributed by atoms with E-state index in [0.29, 0.717) is 12.6 Å². The zero-order valence-electron chi connectivity index (χ0n) is 21.6. The molecule has 3 heterocycles. The third-order valence-electron chi connectivity index (χ3n) is 6.45. The largest absolute Gasteiger partial charge is 0.492 e. The maximum atomic E-state index is 11.6. The van der Waals surface area contributed by atoms with Crippen LogP contribution in [-0.2, 0) is 4.79 Å².